The van der Waals surface area contributed by atoms with E-state index < -0.39 is 0 Å². The first kappa shape index (κ1) is 16.8. The lowest BCUT2D eigenvalue weighted by Gasteiger charge is -2.23. The first-order valence-corrected chi connectivity index (χ1v) is 8.68. The number of benzene rings is 1. The van der Waals surface area contributed by atoms with E-state index in [1.54, 1.807) is 7.11 Å². The van der Waals surface area contributed by atoms with Crippen LogP contribution in [0.4, 0.5) is 0 Å². The number of nitrogens with zero attached hydrogens (tertiary/aromatic N) is 1. The predicted molar refractivity (Wildman–Crippen MR) is 91.9 cm³/mol. The van der Waals surface area contributed by atoms with Crippen molar-refractivity contribution in [1.82, 2.24) is 10.2 Å². The molecule has 1 aromatic rings. The van der Waals surface area contributed by atoms with Crippen LogP contribution in [0.1, 0.15) is 38.3 Å². The Balaban J connectivity index is 1.80. The number of hydrogen-bond acceptors (Lipinski definition) is 3. The maximum atomic E-state index is 5.28. The molecule has 2 atom stereocenters. The Labute approximate surface area is 137 Å². The highest BCUT2D eigenvalue weighted by atomic mass is 79.9. The van der Waals surface area contributed by atoms with Gasteiger partial charge in [-0.2, -0.15) is 0 Å². The van der Waals surface area contributed by atoms with E-state index in [9.17, 15) is 0 Å². The average Bonchev–Trinajstić information content (AvgIpc) is 2.97. The van der Waals surface area contributed by atoms with Crippen molar-refractivity contribution in [1.29, 1.82) is 0 Å². The number of halogens is 1. The minimum atomic E-state index is 0.355. The van der Waals surface area contributed by atoms with E-state index in [-0.39, 0.29) is 0 Å². The Morgan fingerprint density at radius 3 is 2.62 bits per heavy atom. The second kappa shape index (κ2) is 8.16. The molecule has 1 saturated heterocycles. The summed E-state index contributed by atoms with van der Waals surface area (Å²) in [5.74, 6) is 1.57. The summed E-state index contributed by atoms with van der Waals surface area (Å²) in [7, 11) is 1.70. The van der Waals surface area contributed by atoms with Crippen molar-refractivity contribution in [3.63, 3.8) is 0 Å². The largest absolute Gasteiger partial charge is 0.496 e. The van der Waals surface area contributed by atoms with Crippen LogP contribution < -0.4 is 10.1 Å². The van der Waals surface area contributed by atoms with Gasteiger partial charge in [0.2, 0.25) is 0 Å². The van der Waals surface area contributed by atoms with Crippen molar-refractivity contribution < 1.29 is 4.74 Å². The van der Waals surface area contributed by atoms with Gasteiger partial charge in [0.1, 0.15) is 5.75 Å². The van der Waals surface area contributed by atoms with Gasteiger partial charge in [-0.05, 0) is 78.9 Å². The minimum Gasteiger partial charge on any atom is -0.496 e. The number of nitrogens with one attached hydrogen (secondary N) is 1. The Morgan fingerprint density at radius 2 is 2.00 bits per heavy atom. The number of likely N-dealkylation sites (tertiary alicyclic amines) is 1. The van der Waals surface area contributed by atoms with E-state index in [0.29, 0.717) is 12.0 Å². The minimum absolute atomic E-state index is 0.355. The highest BCUT2D eigenvalue weighted by Crippen LogP contribution is 2.28. The zero-order valence-electron chi connectivity index (χ0n) is 13.4. The third-order valence-electron chi connectivity index (χ3n) is 4.22. The van der Waals surface area contributed by atoms with E-state index in [1.165, 1.54) is 38.0 Å². The van der Waals surface area contributed by atoms with Gasteiger partial charge in [0.15, 0.2) is 0 Å². The second-order valence-electron chi connectivity index (χ2n) is 6.14. The highest BCUT2D eigenvalue weighted by molar-refractivity contribution is 9.10. The van der Waals surface area contributed by atoms with Gasteiger partial charge in [-0.3, -0.25) is 0 Å². The van der Waals surface area contributed by atoms with Crippen LogP contribution in [0.2, 0.25) is 0 Å². The van der Waals surface area contributed by atoms with Crippen LogP contribution in [0.25, 0.3) is 0 Å². The van der Waals surface area contributed by atoms with Gasteiger partial charge in [0, 0.05) is 12.6 Å². The molecule has 0 radical (unpaired) electrons. The zero-order chi connectivity index (χ0) is 15.2. The van der Waals surface area contributed by atoms with Crippen LogP contribution in [0.5, 0.6) is 5.75 Å². The number of methoxy groups -OCH3 is 1. The topological polar surface area (TPSA) is 24.5 Å². The first-order chi connectivity index (χ1) is 10.1. The SMILES string of the molecule is COc1ccc(C(C)NCC(C)CN2CCCC2)cc1Br. The molecule has 1 N–H and O–H groups in total. The standard InChI is InChI=1S/C17H27BrN2O/c1-13(12-20-8-4-5-9-20)11-19-14(2)15-6-7-17(21-3)16(18)10-15/h6-7,10,13-14,19H,4-5,8-9,11-12H2,1-3H3. The van der Waals surface area contributed by atoms with Crippen LogP contribution in [0.15, 0.2) is 22.7 Å². The fourth-order valence-corrected chi connectivity index (χ4v) is 3.48. The number of hydrogen-bond donors (Lipinski definition) is 1. The Morgan fingerprint density at radius 1 is 1.29 bits per heavy atom. The molecule has 0 amide bonds. The molecule has 1 aromatic carbocycles. The molecule has 0 bridgehead atoms. The van der Waals surface area contributed by atoms with E-state index in [0.717, 1.165) is 16.8 Å². The summed E-state index contributed by atoms with van der Waals surface area (Å²) < 4.78 is 6.29. The molecule has 4 heteroatoms. The lowest BCUT2D eigenvalue weighted by atomic mass is 10.1. The third kappa shape index (κ3) is 4.97. The Kier molecular flexibility index (Phi) is 6.52. The fourth-order valence-electron chi connectivity index (χ4n) is 2.92. The Hall–Kier alpha value is -0.580. The van der Waals surface area contributed by atoms with E-state index in [1.807, 2.05) is 6.07 Å². The zero-order valence-corrected chi connectivity index (χ0v) is 14.9. The van der Waals surface area contributed by atoms with E-state index >= 15 is 0 Å². The lowest BCUT2D eigenvalue weighted by molar-refractivity contribution is 0.279. The van der Waals surface area contributed by atoms with Gasteiger partial charge in [-0.25, -0.2) is 0 Å². The summed E-state index contributed by atoms with van der Waals surface area (Å²) >= 11 is 3.55. The van der Waals surface area contributed by atoms with Gasteiger partial charge in [0.25, 0.3) is 0 Å². The monoisotopic (exact) mass is 354 g/mol. The van der Waals surface area contributed by atoms with Crippen LogP contribution in [-0.4, -0.2) is 38.2 Å². The molecule has 2 rings (SSSR count). The fraction of sp³-hybridized carbons (Fsp3) is 0.647. The normalized spacial score (nSPS) is 18.7. The summed E-state index contributed by atoms with van der Waals surface area (Å²) in [5.41, 5.74) is 1.29. The van der Waals surface area contributed by atoms with Crippen molar-refractivity contribution in [2.75, 3.05) is 33.3 Å². The molecule has 0 saturated carbocycles. The summed E-state index contributed by atoms with van der Waals surface area (Å²) in [5, 5.41) is 3.65. The highest BCUT2D eigenvalue weighted by Gasteiger charge is 2.15. The van der Waals surface area contributed by atoms with Gasteiger partial charge in [-0.1, -0.05) is 13.0 Å². The molecule has 1 aliphatic heterocycles. The molecular formula is C17H27BrN2O. The van der Waals surface area contributed by atoms with Gasteiger partial charge in [-0.15, -0.1) is 0 Å². The molecule has 1 heterocycles. The molecule has 0 spiro atoms. The molecule has 1 fully saturated rings. The average molecular weight is 355 g/mol. The number of rotatable bonds is 7. The summed E-state index contributed by atoms with van der Waals surface area (Å²) in [6.45, 7) is 9.39. The lowest BCUT2D eigenvalue weighted by Crippen LogP contribution is -2.32. The maximum absolute atomic E-state index is 5.28. The van der Waals surface area contributed by atoms with Crippen molar-refractivity contribution in [3.05, 3.63) is 28.2 Å². The molecule has 1 aliphatic rings. The van der Waals surface area contributed by atoms with Crippen molar-refractivity contribution in [2.45, 2.75) is 32.7 Å². The van der Waals surface area contributed by atoms with Crippen molar-refractivity contribution >= 4 is 15.9 Å². The third-order valence-corrected chi connectivity index (χ3v) is 4.84. The molecule has 118 valence electrons. The molecule has 3 nitrogen and oxygen atoms in total. The van der Waals surface area contributed by atoms with Crippen LogP contribution in [0, 0.1) is 5.92 Å². The van der Waals surface area contributed by atoms with Gasteiger partial charge >= 0.3 is 0 Å². The van der Waals surface area contributed by atoms with Crippen molar-refractivity contribution in [3.8, 4) is 5.75 Å². The maximum Gasteiger partial charge on any atom is 0.133 e. The summed E-state index contributed by atoms with van der Waals surface area (Å²) in [6, 6.07) is 6.65. The Bertz CT molecular complexity index is 446. The summed E-state index contributed by atoms with van der Waals surface area (Å²) in [6.07, 6.45) is 2.74. The first-order valence-electron chi connectivity index (χ1n) is 7.89. The molecule has 2 unspecified atom stereocenters. The van der Waals surface area contributed by atoms with Gasteiger partial charge < -0.3 is 15.0 Å². The van der Waals surface area contributed by atoms with Gasteiger partial charge in [0.05, 0.1) is 11.6 Å². The summed E-state index contributed by atoms with van der Waals surface area (Å²) in [4.78, 5) is 2.58. The molecule has 0 aliphatic carbocycles. The smallest absolute Gasteiger partial charge is 0.133 e. The van der Waals surface area contributed by atoms with Crippen LogP contribution in [-0.2, 0) is 0 Å². The molecule has 21 heavy (non-hydrogen) atoms. The van der Waals surface area contributed by atoms with Crippen LogP contribution in [0.3, 0.4) is 0 Å². The quantitative estimate of drug-likeness (QED) is 0.804. The second-order valence-corrected chi connectivity index (χ2v) is 6.99. The van der Waals surface area contributed by atoms with E-state index in [2.05, 4.69) is 52.1 Å². The van der Waals surface area contributed by atoms with Crippen molar-refractivity contribution in [2.24, 2.45) is 5.92 Å². The predicted octanol–water partition coefficient (Wildman–Crippen LogP) is 3.84. The number of ether oxygens (including phenoxy) is 1. The molecular weight excluding hydrogens is 328 g/mol. The molecule has 0 aromatic heterocycles. The van der Waals surface area contributed by atoms with Crippen LogP contribution >= 0.6 is 15.9 Å². The van der Waals surface area contributed by atoms with E-state index in [4.69, 9.17) is 4.74 Å².